The fourth-order valence-corrected chi connectivity index (χ4v) is 8.86. The minimum atomic E-state index is 0.213. The summed E-state index contributed by atoms with van der Waals surface area (Å²) in [4.78, 5) is 0. The maximum atomic E-state index is 2.47. The van der Waals surface area contributed by atoms with Crippen molar-refractivity contribution in [1.82, 2.24) is 9.13 Å². The molecule has 0 saturated carbocycles. The zero-order valence-corrected chi connectivity index (χ0v) is 27.9. The molecule has 0 aliphatic heterocycles. The highest BCUT2D eigenvalue weighted by Gasteiger charge is 2.31. The van der Waals surface area contributed by atoms with Crippen LogP contribution in [0.15, 0.2) is 188 Å². The van der Waals surface area contributed by atoms with Gasteiger partial charge in [-0.25, -0.2) is 0 Å². The zero-order valence-electron chi connectivity index (χ0n) is 27.9. The van der Waals surface area contributed by atoms with Crippen molar-refractivity contribution >= 4 is 43.6 Å². The molecule has 0 fully saturated rings. The highest BCUT2D eigenvalue weighted by Crippen LogP contribution is 2.50. The van der Waals surface area contributed by atoms with E-state index in [0.717, 1.165) is 5.69 Å². The average Bonchev–Trinajstić information content (AvgIpc) is 3.83. The lowest BCUT2D eigenvalue weighted by Gasteiger charge is -2.16. The predicted octanol–water partition coefficient (Wildman–Crippen LogP) is 12.7. The summed E-state index contributed by atoms with van der Waals surface area (Å²) in [6.07, 6.45) is 0. The van der Waals surface area contributed by atoms with Crippen LogP contribution >= 0.6 is 0 Å². The number of rotatable bonds is 4. The van der Waals surface area contributed by atoms with Crippen molar-refractivity contribution in [3.05, 3.63) is 205 Å². The molecule has 0 N–H and O–H groups in total. The van der Waals surface area contributed by atoms with Crippen LogP contribution in [0.5, 0.6) is 0 Å². The van der Waals surface area contributed by atoms with E-state index < -0.39 is 0 Å². The molecule has 0 saturated heterocycles. The smallest absolute Gasteiger partial charge is 0.0547 e. The Morgan fingerprint density at radius 3 is 1.67 bits per heavy atom. The van der Waals surface area contributed by atoms with Crippen LogP contribution in [0.3, 0.4) is 0 Å². The molecule has 2 aromatic heterocycles. The van der Waals surface area contributed by atoms with Gasteiger partial charge in [0.2, 0.25) is 0 Å². The molecule has 51 heavy (non-hydrogen) atoms. The van der Waals surface area contributed by atoms with Gasteiger partial charge in [-0.2, -0.15) is 0 Å². The molecule has 2 nitrogen and oxygen atoms in total. The van der Waals surface area contributed by atoms with Gasteiger partial charge in [-0.05, 0) is 81.9 Å². The first kappa shape index (κ1) is 28.2. The molecular weight excluding hydrogens is 617 g/mol. The van der Waals surface area contributed by atoms with Gasteiger partial charge in [-0.1, -0.05) is 140 Å². The standard InChI is InChI=1S/C49H32N2/c1-2-15-32(16-3-1)49-40-24-5-4-20-36(40)41-31-48-42(30-43(41)49)39-23-9-11-26-45(39)50(48)34-18-14-17-33(29-34)35-19-6-10-25-44(35)51-46-27-12-7-21-37(46)38-22-8-13-28-47(38)51/h1-31,49H. The van der Waals surface area contributed by atoms with E-state index in [1.807, 2.05) is 0 Å². The van der Waals surface area contributed by atoms with E-state index in [0.29, 0.717) is 0 Å². The lowest BCUT2D eigenvalue weighted by molar-refractivity contribution is 1.02. The van der Waals surface area contributed by atoms with Crippen LogP contribution in [0.2, 0.25) is 0 Å². The van der Waals surface area contributed by atoms with Gasteiger partial charge < -0.3 is 9.13 Å². The Kier molecular flexibility index (Phi) is 6.05. The van der Waals surface area contributed by atoms with Crippen molar-refractivity contribution in [1.29, 1.82) is 0 Å². The van der Waals surface area contributed by atoms with Crippen molar-refractivity contribution < 1.29 is 0 Å². The second kappa shape index (κ2) is 10.9. The maximum absolute atomic E-state index is 2.47. The minimum absolute atomic E-state index is 0.213. The molecular formula is C49H32N2. The molecule has 2 heteroatoms. The molecule has 10 aromatic rings. The number of fused-ring (bicyclic) bond motifs is 9. The normalized spacial score (nSPS) is 13.7. The van der Waals surface area contributed by atoms with Gasteiger partial charge in [0, 0.05) is 38.7 Å². The Morgan fingerprint density at radius 1 is 0.333 bits per heavy atom. The van der Waals surface area contributed by atoms with Crippen LogP contribution in [-0.4, -0.2) is 9.13 Å². The fourth-order valence-electron chi connectivity index (χ4n) is 8.86. The molecule has 1 aliphatic rings. The summed E-state index contributed by atoms with van der Waals surface area (Å²) in [5.41, 5.74) is 16.3. The maximum Gasteiger partial charge on any atom is 0.0547 e. The third-order valence-corrected chi connectivity index (χ3v) is 11.0. The molecule has 1 unspecified atom stereocenters. The van der Waals surface area contributed by atoms with Crippen LogP contribution in [0.4, 0.5) is 0 Å². The zero-order chi connectivity index (χ0) is 33.5. The van der Waals surface area contributed by atoms with Gasteiger partial charge in [0.1, 0.15) is 0 Å². The van der Waals surface area contributed by atoms with E-state index >= 15 is 0 Å². The summed E-state index contributed by atoms with van der Waals surface area (Å²) in [5.74, 6) is 0.213. The number of hydrogen-bond acceptors (Lipinski definition) is 0. The summed E-state index contributed by atoms with van der Waals surface area (Å²) >= 11 is 0. The quantitative estimate of drug-likeness (QED) is 0.180. The fraction of sp³-hybridized carbons (Fsp3) is 0.0204. The monoisotopic (exact) mass is 648 g/mol. The van der Waals surface area contributed by atoms with E-state index in [2.05, 4.69) is 197 Å². The first-order valence-electron chi connectivity index (χ1n) is 17.7. The second-order valence-corrected chi connectivity index (χ2v) is 13.7. The lowest BCUT2D eigenvalue weighted by atomic mass is 9.89. The van der Waals surface area contributed by atoms with Crippen molar-refractivity contribution in [3.8, 4) is 33.6 Å². The SMILES string of the molecule is c1ccc(C2c3ccccc3-c3cc4c(cc32)c2ccccc2n4-c2cccc(-c3ccccc3-n3c4ccccc4c4ccccc43)c2)cc1. The van der Waals surface area contributed by atoms with Gasteiger partial charge in [-0.3, -0.25) is 0 Å². The topological polar surface area (TPSA) is 9.86 Å². The molecule has 2 heterocycles. The minimum Gasteiger partial charge on any atom is -0.309 e. The number of nitrogens with zero attached hydrogens (tertiary/aromatic N) is 2. The number of benzene rings is 8. The molecule has 238 valence electrons. The van der Waals surface area contributed by atoms with Crippen LogP contribution < -0.4 is 0 Å². The van der Waals surface area contributed by atoms with Crippen LogP contribution in [0.25, 0.3) is 77.2 Å². The van der Waals surface area contributed by atoms with E-state index in [1.165, 1.54) is 88.2 Å². The van der Waals surface area contributed by atoms with Crippen molar-refractivity contribution in [2.45, 2.75) is 5.92 Å². The summed E-state index contributed by atoms with van der Waals surface area (Å²) in [5, 5.41) is 5.10. The Morgan fingerprint density at radius 2 is 0.922 bits per heavy atom. The largest absolute Gasteiger partial charge is 0.309 e. The van der Waals surface area contributed by atoms with Crippen LogP contribution in [0.1, 0.15) is 22.6 Å². The summed E-state index contributed by atoms with van der Waals surface area (Å²) < 4.78 is 4.90. The molecule has 1 atom stereocenters. The van der Waals surface area contributed by atoms with Crippen LogP contribution in [0, 0.1) is 0 Å². The van der Waals surface area contributed by atoms with E-state index in [1.54, 1.807) is 0 Å². The average molecular weight is 649 g/mol. The molecule has 0 bridgehead atoms. The van der Waals surface area contributed by atoms with Crippen molar-refractivity contribution in [2.75, 3.05) is 0 Å². The van der Waals surface area contributed by atoms with Gasteiger partial charge in [0.25, 0.3) is 0 Å². The third kappa shape index (κ3) is 4.11. The molecule has 0 amide bonds. The molecule has 8 aromatic carbocycles. The van der Waals surface area contributed by atoms with E-state index in [9.17, 15) is 0 Å². The first-order chi connectivity index (χ1) is 25.3. The Bertz CT molecular complexity index is 2920. The summed E-state index contributed by atoms with van der Waals surface area (Å²) in [6, 6.07) is 69.1. The van der Waals surface area contributed by atoms with E-state index in [-0.39, 0.29) is 5.92 Å². The van der Waals surface area contributed by atoms with E-state index in [4.69, 9.17) is 0 Å². The lowest BCUT2D eigenvalue weighted by Crippen LogP contribution is -1.99. The Balaban J connectivity index is 1.14. The molecule has 0 radical (unpaired) electrons. The van der Waals surface area contributed by atoms with Gasteiger partial charge in [-0.15, -0.1) is 0 Å². The highest BCUT2D eigenvalue weighted by molar-refractivity contribution is 6.12. The van der Waals surface area contributed by atoms with Crippen LogP contribution in [-0.2, 0) is 0 Å². The third-order valence-electron chi connectivity index (χ3n) is 11.0. The number of aromatic nitrogens is 2. The number of para-hydroxylation sites is 4. The highest BCUT2D eigenvalue weighted by atomic mass is 15.0. The molecule has 0 spiro atoms. The summed E-state index contributed by atoms with van der Waals surface area (Å²) in [7, 11) is 0. The van der Waals surface area contributed by atoms with Crippen molar-refractivity contribution in [3.63, 3.8) is 0 Å². The first-order valence-corrected chi connectivity index (χ1v) is 17.7. The second-order valence-electron chi connectivity index (χ2n) is 13.7. The summed E-state index contributed by atoms with van der Waals surface area (Å²) in [6.45, 7) is 0. The van der Waals surface area contributed by atoms with Gasteiger partial charge in [0.05, 0.1) is 27.8 Å². The predicted molar refractivity (Wildman–Crippen MR) is 213 cm³/mol. The molecule has 11 rings (SSSR count). The van der Waals surface area contributed by atoms with Gasteiger partial charge in [0.15, 0.2) is 0 Å². The van der Waals surface area contributed by atoms with Crippen molar-refractivity contribution in [2.24, 2.45) is 0 Å². The molecule has 1 aliphatic carbocycles. The Hall–Kier alpha value is -6.64. The Labute approximate surface area is 296 Å². The van der Waals surface area contributed by atoms with Gasteiger partial charge >= 0.3 is 0 Å². The number of hydrogen-bond donors (Lipinski definition) is 0.